The maximum absolute atomic E-state index is 13.0. The Labute approximate surface area is 65.7 Å². The van der Waals surface area contributed by atoms with Crippen LogP contribution < -0.4 is 0 Å². The summed E-state index contributed by atoms with van der Waals surface area (Å²) in [4.78, 5) is 0. The van der Waals surface area contributed by atoms with Gasteiger partial charge >= 0.3 is 0 Å². The summed E-state index contributed by atoms with van der Waals surface area (Å²) in [5, 5.41) is 0. The normalized spacial score (nSPS) is 35.8. The molecule has 0 N–H and O–H groups in total. The smallest absolute Gasteiger partial charge is 0.151 e. The Morgan fingerprint density at radius 3 is 2.00 bits per heavy atom. The van der Waals surface area contributed by atoms with Crippen LogP contribution in [0.1, 0.15) is 19.8 Å². The highest BCUT2D eigenvalue weighted by Gasteiger charge is 2.61. The van der Waals surface area contributed by atoms with Crippen LogP contribution in [0.3, 0.4) is 0 Å². The highest BCUT2D eigenvalue weighted by Crippen LogP contribution is 2.56. The number of hydrogen-bond donors (Lipinski definition) is 0. The topological polar surface area (TPSA) is 34.1 Å². The summed E-state index contributed by atoms with van der Waals surface area (Å²) in [5.41, 5.74) is -1.24. The minimum Gasteiger partial charge on any atom is -0.244 e. The average molecular weight is 178 g/mol. The molecule has 1 saturated heterocycles. The van der Waals surface area contributed by atoms with Crippen LogP contribution in [0, 0.1) is 5.41 Å². The highest BCUT2D eigenvalue weighted by atomic mass is 32.2. The first-order valence-corrected chi connectivity index (χ1v) is 5.54. The summed E-state index contributed by atoms with van der Waals surface area (Å²) >= 11 is 0. The lowest BCUT2D eigenvalue weighted by atomic mass is 9.62. The average Bonchev–Trinajstić information content (AvgIpc) is 1.52. The van der Waals surface area contributed by atoms with E-state index in [1.807, 2.05) is 0 Å². The molecule has 0 amide bonds. The molecule has 2 nitrogen and oxygen atoms in total. The van der Waals surface area contributed by atoms with Crippen molar-refractivity contribution in [2.75, 3.05) is 11.5 Å². The maximum atomic E-state index is 13.0. The van der Waals surface area contributed by atoms with E-state index in [1.54, 1.807) is 6.92 Å². The van der Waals surface area contributed by atoms with Crippen LogP contribution in [0.25, 0.3) is 0 Å². The van der Waals surface area contributed by atoms with Crippen LogP contribution >= 0.6 is 0 Å². The van der Waals surface area contributed by atoms with Crippen LogP contribution in [0.5, 0.6) is 0 Å². The molecule has 1 aliphatic heterocycles. The standard InChI is InChI=1S/C7H11FO2S/c1-6(8)2-7(3-6)4-11(9,10)5-7/h2-5H2,1H3. The largest absolute Gasteiger partial charge is 0.244 e. The van der Waals surface area contributed by atoms with Gasteiger partial charge in [0.2, 0.25) is 0 Å². The van der Waals surface area contributed by atoms with E-state index in [2.05, 4.69) is 0 Å². The van der Waals surface area contributed by atoms with E-state index in [0.717, 1.165) is 0 Å². The lowest BCUT2D eigenvalue weighted by molar-refractivity contribution is -0.0344. The molecule has 0 unspecified atom stereocenters. The summed E-state index contributed by atoms with van der Waals surface area (Å²) in [6, 6.07) is 0. The SMILES string of the molecule is CC1(F)CC2(C1)CS(=O)(=O)C2. The van der Waals surface area contributed by atoms with E-state index in [-0.39, 0.29) is 16.9 Å². The highest BCUT2D eigenvalue weighted by molar-refractivity contribution is 7.92. The third-order valence-electron chi connectivity index (χ3n) is 2.54. The second-order valence-corrected chi connectivity index (χ2v) is 6.36. The lowest BCUT2D eigenvalue weighted by Crippen LogP contribution is -2.61. The third kappa shape index (κ3) is 1.08. The maximum Gasteiger partial charge on any atom is 0.151 e. The van der Waals surface area contributed by atoms with Gasteiger partial charge in [-0.25, -0.2) is 12.8 Å². The van der Waals surface area contributed by atoms with Crippen molar-refractivity contribution in [3.05, 3.63) is 0 Å². The van der Waals surface area contributed by atoms with Crippen LogP contribution in [0.15, 0.2) is 0 Å². The van der Waals surface area contributed by atoms with Gasteiger partial charge in [0.15, 0.2) is 9.84 Å². The molecule has 4 heteroatoms. The molecule has 0 radical (unpaired) electrons. The first-order chi connectivity index (χ1) is 4.83. The Balaban J connectivity index is 2.03. The van der Waals surface area contributed by atoms with Gasteiger partial charge in [-0.15, -0.1) is 0 Å². The van der Waals surface area contributed by atoms with Crippen LogP contribution in [-0.4, -0.2) is 25.6 Å². The monoisotopic (exact) mass is 178 g/mol. The number of rotatable bonds is 0. The summed E-state index contributed by atoms with van der Waals surface area (Å²) in [5.74, 6) is 0.443. The number of sulfone groups is 1. The van der Waals surface area contributed by atoms with Gasteiger partial charge < -0.3 is 0 Å². The number of halogens is 1. The summed E-state index contributed by atoms with van der Waals surface area (Å²) in [7, 11) is -2.77. The zero-order valence-corrected chi connectivity index (χ0v) is 7.25. The fourth-order valence-electron chi connectivity index (χ4n) is 2.61. The molecule has 2 fully saturated rings. The van der Waals surface area contributed by atoms with Gasteiger partial charge in [0.05, 0.1) is 11.5 Å². The molecule has 0 aromatic rings. The summed E-state index contributed by atoms with van der Waals surface area (Å²) in [6.07, 6.45) is 0.887. The fourth-order valence-corrected chi connectivity index (χ4v) is 4.80. The second-order valence-electron chi connectivity index (χ2n) is 4.30. The number of alkyl halides is 1. The molecule has 64 valence electrons. The molecule has 1 spiro atoms. The molecule has 1 saturated carbocycles. The summed E-state index contributed by atoms with van der Waals surface area (Å²) < 4.78 is 34.5. The van der Waals surface area contributed by atoms with Crippen molar-refractivity contribution < 1.29 is 12.8 Å². The van der Waals surface area contributed by atoms with E-state index >= 15 is 0 Å². The van der Waals surface area contributed by atoms with Crippen molar-refractivity contribution >= 4 is 9.84 Å². The van der Waals surface area contributed by atoms with E-state index in [1.165, 1.54) is 0 Å². The Kier molecular flexibility index (Phi) is 1.11. The predicted octanol–water partition coefficient (Wildman–Crippen LogP) is 0.923. The van der Waals surface area contributed by atoms with Crippen molar-refractivity contribution in [2.24, 2.45) is 5.41 Å². The van der Waals surface area contributed by atoms with Gasteiger partial charge in [-0.1, -0.05) is 0 Å². The van der Waals surface area contributed by atoms with Crippen molar-refractivity contribution in [3.63, 3.8) is 0 Å². The predicted molar refractivity (Wildman–Crippen MR) is 39.8 cm³/mol. The molecule has 1 heterocycles. The zero-order chi connectivity index (χ0) is 8.33. The van der Waals surface area contributed by atoms with Gasteiger partial charge in [0, 0.05) is 5.41 Å². The summed E-state index contributed by atoms with van der Waals surface area (Å²) in [6.45, 7) is 1.54. The van der Waals surface area contributed by atoms with Crippen LogP contribution in [0.4, 0.5) is 4.39 Å². The molecule has 2 aliphatic rings. The third-order valence-corrected chi connectivity index (χ3v) is 4.64. The molecule has 1 aliphatic carbocycles. The first-order valence-electron chi connectivity index (χ1n) is 3.72. The van der Waals surface area contributed by atoms with Gasteiger partial charge in [-0.3, -0.25) is 0 Å². The minimum atomic E-state index is -2.77. The molecular weight excluding hydrogens is 167 g/mol. The lowest BCUT2D eigenvalue weighted by Gasteiger charge is -2.54. The first kappa shape index (κ1) is 7.53. The molecule has 2 rings (SSSR count). The van der Waals surface area contributed by atoms with Crippen molar-refractivity contribution in [3.8, 4) is 0 Å². The van der Waals surface area contributed by atoms with Crippen molar-refractivity contribution in [2.45, 2.75) is 25.4 Å². The Morgan fingerprint density at radius 1 is 1.27 bits per heavy atom. The zero-order valence-electron chi connectivity index (χ0n) is 6.43. The van der Waals surface area contributed by atoms with Gasteiger partial charge in [0.1, 0.15) is 5.67 Å². The molecule has 0 aromatic carbocycles. The second kappa shape index (κ2) is 1.63. The van der Waals surface area contributed by atoms with Crippen LogP contribution in [0.2, 0.25) is 0 Å². The molecule has 0 aromatic heterocycles. The fraction of sp³-hybridized carbons (Fsp3) is 1.00. The van der Waals surface area contributed by atoms with Gasteiger partial charge in [0.25, 0.3) is 0 Å². The van der Waals surface area contributed by atoms with Crippen molar-refractivity contribution in [1.29, 1.82) is 0 Å². The van der Waals surface area contributed by atoms with Gasteiger partial charge in [-0.05, 0) is 19.8 Å². The molecule has 11 heavy (non-hydrogen) atoms. The van der Waals surface area contributed by atoms with Crippen molar-refractivity contribution in [1.82, 2.24) is 0 Å². The Hall–Kier alpha value is -0.120. The Bertz CT molecular complexity index is 270. The van der Waals surface area contributed by atoms with E-state index < -0.39 is 15.5 Å². The van der Waals surface area contributed by atoms with E-state index in [0.29, 0.717) is 12.8 Å². The number of hydrogen-bond acceptors (Lipinski definition) is 2. The molecule has 0 bridgehead atoms. The van der Waals surface area contributed by atoms with E-state index in [4.69, 9.17) is 0 Å². The Morgan fingerprint density at radius 2 is 1.73 bits per heavy atom. The molecule has 0 atom stereocenters. The van der Waals surface area contributed by atoms with Crippen LogP contribution in [-0.2, 0) is 9.84 Å². The van der Waals surface area contributed by atoms with Gasteiger partial charge in [-0.2, -0.15) is 0 Å². The minimum absolute atomic E-state index is 0.150. The quantitative estimate of drug-likeness (QED) is 0.553. The van der Waals surface area contributed by atoms with E-state index in [9.17, 15) is 12.8 Å². The molecular formula is C7H11FO2S.